The van der Waals surface area contributed by atoms with Gasteiger partial charge in [-0.1, -0.05) is 18.2 Å². The van der Waals surface area contributed by atoms with Crippen LogP contribution in [0.2, 0.25) is 0 Å². The van der Waals surface area contributed by atoms with Crippen LogP contribution in [0.4, 0.5) is 4.39 Å². The molecule has 0 fully saturated rings. The third-order valence-corrected chi connectivity index (χ3v) is 4.26. The number of para-hydroxylation sites is 2. The summed E-state index contributed by atoms with van der Waals surface area (Å²) in [5.41, 5.74) is 3.72. The Bertz CT molecular complexity index is 1110. The van der Waals surface area contributed by atoms with Crippen LogP contribution in [0.5, 0.6) is 0 Å². The van der Waals surface area contributed by atoms with Crippen molar-refractivity contribution < 1.29 is 8.81 Å². The standard InChI is InChI=1S/C20H17FN4O/c1-13-11-16(21)9-7-15(13)8-10-19-23-24-20(26-19)12-25-14(2)22-17-5-3-4-6-18(17)25/h3-11H,12H2,1-2H3/b10-8+. The molecule has 0 bridgehead atoms. The molecule has 6 heteroatoms. The number of halogens is 1. The molecular formula is C20H17FN4O. The molecule has 0 N–H and O–H groups in total. The van der Waals surface area contributed by atoms with Crippen LogP contribution in [0.25, 0.3) is 23.2 Å². The molecule has 2 aromatic carbocycles. The number of aromatic nitrogens is 4. The van der Waals surface area contributed by atoms with E-state index in [-0.39, 0.29) is 5.82 Å². The molecule has 0 unspecified atom stereocenters. The van der Waals surface area contributed by atoms with E-state index in [1.165, 1.54) is 12.1 Å². The number of benzene rings is 2. The molecule has 0 aliphatic carbocycles. The molecule has 0 saturated heterocycles. The normalized spacial score (nSPS) is 11.7. The maximum absolute atomic E-state index is 13.2. The van der Waals surface area contributed by atoms with Gasteiger partial charge in [0, 0.05) is 6.08 Å². The second-order valence-electron chi connectivity index (χ2n) is 6.10. The van der Waals surface area contributed by atoms with Gasteiger partial charge in [-0.05, 0) is 55.3 Å². The summed E-state index contributed by atoms with van der Waals surface area (Å²) in [5, 5.41) is 8.17. The number of nitrogens with zero attached hydrogens (tertiary/aromatic N) is 4. The zero-order valence-electron chi connectivity index (χ0n) is 14.5. The first-order valence-corrected chi connectivity index (χ1v) is 8.28. The molecule has 0 amide bonds. The summed E-state index contributed by atoms with van der Waals surface area (Å²) < 4.78 is 20.9. The fourth-order valence-electron chi connectivity index (χ4n) is 2.92. The van der Waals surface area contributed by atoms with E-state index in [9.17, 15) is 4.39 Å². The van der Waals surface area contributed by atoms with Gasteiger partial charge >= 0.3 is 0 Å². The van der Waals surface area contributed by atoms with Crippen molar-refractivity contribution in [1.82, 2.24) is 19.7 Å². The Balaban J connectivity index is 1.56. The maximum atomic E-state index is 13.2. The summed E-state index contributed by atoms with van der Waals surface area (Å²) >= 11 is 0. The van der Waals surface area contributed by atoms with Crippen LogP contribution < -0.4 is 0 Å². The van der Waals surface area contributed by atoms with Crippen LogP contribution in [0.1, 0.15) is 28.7 Å². The highest BCUT2D eigenvalue weighted by Gasteiger charge is 2.11. The van der Waals surface area contributed by atoms with E-state index in [2.05, 4.69) is 15.2 Å². The molecule has 0 spiro atoms. The van der Waals surface area contributed by atoms with Crippen molar-refractivity contribution in [3.8, 4) is 0 Å². The van der Waals surface area contributed by atoms with Crippen molar-refractivity contribution in [2.45, 2.75) is 20.4 Å². The minimum Gasteiger partial charge on any atom is -0.419 e. The van der Waals surface area contributed by atoms with Crippen LogP contribution in [0.3, 0.4) is 0 Å². The van der Waals surface area contributed by atoms with Crippen molar-refractivity contribution >= 4 is 23.2 Å². The topological polar surface area (TPSA) is 56.7 Å². The maximum Gasteiger partial charge on any atom is 0.240 e. The average molecular weight is 348 g/mol. The lowest BCUT2D eigenvalue weighted by Gasteiger charge is -2.02. The quantitative estimate of drug-likeness (QED) is 0.549. The lowest BCUT2D eigenvalue weighted by molar-refractivity contribution is 0.471. The van der Waals surface area contributed by atoms with Crippen LogP contribution in [-0.4, -0.2) is 19.7 Å². The third kappa shape index (κ3) is 3.13. The van der Waals surface area contributed by atoms with Crippen LogP contribution in [0, 0.1) is 19.7 Å². The number of rotatable bonds is 4. The SMILES string of the molecule is Cc1cc(F)ccc1/C=C/c1nnc(Cn2c(C)nc3ccccc32)o1. The Morgan fingerprint density at radius 2 is 1.92 bits per heavy atom. The molecule has 2 aromatic heterocycles. The first kappa shape index (κ1) is 16.2. The zero-order valence-corrected chi connectivity index (χ0v) is 14.5. The van der Waals surface area contributed by atoms with Crippen molar-refractivity contribution in [3.05, 3.63) is 77.0 Å². The lowest BCUT2D eigenvalue weighted by atomic mass is 10.1. The second-order valence-corrected chi connectivity index (χ2v) is 6.10. The molecule has 0 aliphatic heterocycles. The highest BCUT2D eigenvalue weighted by atomic mass is 19.1. The van der Waals surface area contributed by atoms with E-state index < -0.39 is 0 Å². The minimum atomic E-state index is -0.248. The average Bonchev–Trinajstić information content (AvgIpc) is 3.19. The molecule has 0 saturated carbocycles. The van der Waals surface area contributed by atoms with E-state index in [0.717, 1.165) is 28.0 Å². The number of imidazole rings is 1. The highest BCUT2D eigenvalue weighted by molar-refractivity contribution is 5.75. The summed E-state index contributed by atoms with van der Waals surface area (Å²) in [4.78, 5) is 4.54. The van der Waals surface area contributed by atoms with Crippen LogP contribution >= 0.6 is 0 Å². The molecular weight excluding hydrogens is 331 g/mol. The number of fused-ring (bicyclic) bond motifs is 1. The Kier molecular flexibility index (Phi) is 4.08. The lowest BCUT2D eigenvalue weighted by Crippen LogP contribution is -2.02. The van der Waals surface area contributed by atoms with Gasteiger partial charge in [-0.3, -0.25) is 0 Å². The number of aryl methyl sites for hydroxylation is 2. The number of hydrogen-bond donors (Lipinski definition) is 0. The van der Waals surface area contributed by atoms with Gasteiger partial charge in [0.25, 0.3) is 0 Å². The highest BCUT2D eigenvalue weighted by Crippen LogP contribution is 2.18. The number of hydrogen-bond acceptors (Lipinski definition) is 4. The predicted molar refractivity (Wildman–Crippen MR) is 97.9 cm³/mol. The van der Waals surface area contributed by atoms with Gasteiger partial charge in [0.05, 0.1) is 11.0 Å². The van der Waals surface area contributed by atoms with Crippen molar-refractivity contribution in [3.63, 3.8) is 0 Å². The van der Waals surface area contributed by atoms with Gasteiger partial charge in [0.15, 0.2) is 0 Å². The van der Waals surface area contributed by atoms with E-state index in [0.29, 0.717) is 18.3 Å². The van der Waals surface area contributed by atoms with Gasteiger partial charge in [-0.15, -0.1) is 10.2 Å². The van der Waals surface area contributed by atoms with Gasteiger partial charge in [-0.25, -0.2) is 9.37 Å². The Morgan fingerprint density at radius 1 is 1.08 bits per heavy atom. The molecule has 130 valence electrons. The molecule has 2 heterocycles. The summed E-state index contributed by atoms with van der Waals surface area (Å²) in [6.45, 7) is 4.27. The van der Waals surface area contributed by atoms with Gasteiger partial charge in [0.2, 0.25) is 11.8 Å². The van der Waals surface area contributed by atoms with Crippen LogP contribution in [0.15, 0.2) is 46.9 Å². The fraction of sp³-hybridized carbons (Fsp3) is 0.150. The first-order valence-electron chi connectivity index (χ1n) is 8.28. The molecule has 0 radical (unpaired) electrons. The first-order chi connectivity index (χ1) is 12.6. The second kappa shape index (κ2) is 6.55. The Morgan fingerprint density at radius 3 is 2.77 bits per heavy atom. The van der Waals surface area contributed by atoms with Crippen LogP contribution in [-0.2, 0) is 6.54 Å². The molecule has 26 heavy (non-hydrogen) atoms. The van der Waals surface area contributed by atoms with Crippen molar-refractivity contribution in [1.29, 1.82) is 0 Å². The predicted octanol–water partition coefficient (Wildman–Crippen LogP) is 4.39. The summed E-state index contributed by atoms with van der Waals surface area (Å²) in [7, 11) is 0. The Labute approximate surface area is 149 Å². The fourth-order valence-corrected chi connectivity index (χ4v) is 2.92. The van der Waals surface area contributed by atoms with Gasteiger partial charge in [-0.2, -0.15) is 0 Å². The largest absolute Gasteiger partial charge is 0.419 e. The molecule has 5 nitrogen and oxygen atoms in total. The molecule has 4 aromatic rings. The van der Waals surface area contributed by atoms with Gasteiger partial charge < -0.3 is 8.98 Å². The minimum absolute atomic E-state index is 0.248. The van der Waals surface area contributed by atoms with E-state index >= 15 is 0 Å². The zero-order chi connectivity index (χ0) is 18.1. The molecule has 4 rings (SSSR count). The van der Waals surface area contributed by atoms with Gasteiger partial charge in [0.1, 0.15) is 18.2 Å². The Hall–Kier alpha value is -3.28. The van der Waals surface area contributed by atoms with E-state index in [4.69, 9.17) is 4.42 Å². The van der Waals surface area contributed by atoms with E-state index in [1.807, 2.05) is 48.8 Å². The van der Waals surface area contributed by atoms with E-state index in [1.54, 1.807) is 12.1 Å². The summed E-state index contributed by atoms with van der Waals surface area (Å²) in [6.07, 6.45) is 3.57. The monoisotopic (exact) mass is 348 g/mol. The summed E-state index contributed by atoms with van der Waals surface area (Å²) in [6, 6.07) is 12.6. The van der Waals surface area contributed by atoms with Crippen molar-refractivity contribution in [2.75, 3.05) is 0 Å². The molecule has 0 atom stereocenters. The smallest absolute Gasteiger partial charge is 0.240 e. The molecule has 0 aliphatic rings. The van der Waals surface area contributed by atoms with Crippen molar-refractivity contribution in [2.24, 2.45) is 0 Å². The third-order valence-electron chi connectivity index (χ3n) is 4.26. The summed E-state index contributed by atoms with van der Waals surface area (Å²) in [5.74, 6) is 1.56.